The van der Waals surface area contributed by atoms with Gasteiger partial charge in [0.15, 0.2) is 5.11 Å². The summed E-state index contributed by atoms with van der Waals surface area (Å²) in [7, 11) is 1.58. The van der Waals surface area contributed by atoms with E-state index >= 15 is 0 Å². The van der Waals surface area contributed by atoms with Gasteiger partial charge in [0.25, 0.3) is 5.91 Å². The second kappa shape index (κ2) is 7.60. The van der Waals surface area contributed by atoms with Gasteiger partial charge in [0.05, 0.1) is 7.11 Å². The van der Waals surface area contributed by atoms with Gasteiger partial charge in [-0.2, -0.15) is 0 Å². The van der Waals surface area contributed by atoms with Gasteiger partial charge in [-0.25, -0.2) is 0 Å². The van der Waals surface area contributed by atoms with Crippen LogP contribution >= 0.6 is 12.2 Å². The molecule has 5 nitrogen and oxygen atoms in total. The van der Waals surface area contributed by atoms with Crippen molar-refractivity contribution in [3.05, 3.63) is 59.2 Å². The summed E-state index contributed by atoms with van der Waals surface area (Å²) < 4.78 is 5.05. The molecule has 6 heteroatoms. The minimum atomic E-state index is -0.280. The van der Waals surface area contributed by atoms with Gasteiger partial charge >= 0.3 is 0 Å². The highest BCUT2D eigenvalue weighted by Gasteiger charge is 2.06. The monoisotopic (exact) mass is 329 g/mol. The van der Waals surface area contributed by atoms with Gasteiger partial charge in [-0.3, -0.25) is 15.6 Å². The predicted octanol–water partition coefficient (Wildman–Crippen LogP) is 2.94. The molecule has 0 spiro atoms. The van der Waals surface area contributed by atoms with Crippen LogP contribution in [0.1, 0.15) is 21.5 Å². The molecule has 0 aromatic heterocycles. The lowest BCUT2D eigenvalue weighted by atomic mass is 10.1. The molecule has 0 radical (unpaired) electrons. The highest BCUT2D eigenvalue weighted by Crippen LogP contribution is 2.13. The maximum Gasteiger partial charge on any atom is 0.269 e. The van der Waals surface area contributed by atoms with E-state index in [9.17, 15) is 4.79 Å². The molecular weight excluding hydrogens is 310 g/mol. The third-order valence-corrected chi connectivity index (χ3v) is 3.33. The van der Waals surface area contributed by atoms with Crippen LogP contribution in [0.2, 0.25) is 0 Å². The SMILES string of the molecule is COc1ccc(C(=O)NNC(=S)Nc2cc(C)cc(C)c2)cc1. The molecule has 120 valence electrons. The topological polar surface area (TPSA) is 62.4 Å². The van der Waals surface area contributed by atoms with Crippen molar-refractivity contribution in [2.24, 2.45) is 0 Å². The molecule has 0 atom stereocenters. The van der Waals surface area contributed by atoms with Crippen LogP contribution in [0.5, 0.6) is 5.75 Å². The Labute approximate surface area is 141 Å². The molecular formula is C17H19N3O2S. The van der Waals surface area contributed by atoms with Crippen molar-refractivity contribution < 1.29 is 9.53 Å². The summed E-state index contributed by atoms with van der Waals surface area (Å²) >= 11 is 5.17. The van der Waals surface area contributed by atoms with Gasteiger partial charge in [-0.1, -0.05) is 6.07 Å². The number of thiocarbonyl (C=S) groups is 1. The Balaban J connectivity index is 1.89. The maximum atomic E-state index is 12.0. The van der Waals surface area contributed by atoms with Crippen LogP contribution in [0.4, 0.5) is 5.69 Å². The number of hydrazine groups is 1. The number of hydrogen-bond acceptors (Lipinski definition) is 3. The highest BCUT2D eigenvalue weighted by molar-refractivity contribution is 7.80. The van der Waals surface area contributed by atoms with Gasteiger partial charge in [-0.15, -0.1) is 0 Å². The minimum Gasteiger partial charge on any atom is -0.497 e. The number of rotatable bonds is 3. The van der Waals surface area contributed by atoms with Gasteiger partial charge in [0, 0.05) is 11.3 Å². The number of ether oxygens (including phenoxy) is 1. The van der Waals surface area contributed by atoms with Crippen molar-refractivity contribution in [3.8, 4) is 5.75 Å². The van der Waals surface area contributed by atoms with E-state index in [0.29, 0.717) is 16.4 Å². The molecule has 0 aliphatic rings. The zero-order valence-corrected chi connectivity index (χ0v) is 14.1. The van der Waals surface area contributed by atoms with Gasteiger partial charge in [-0.05, 0) is 73.6 Å². The molecule has 0 bridgehead atoms. The Morgan fingerprint density at radius 2 is 1.61 bits per heavy atom. The normalized spacial score (nSPS) is 9.87. The minimum absolute atomic E-state index is 0.280. The lowest BCUT2D eigenvalue weighted by molar-refractivity contribution is 0.0944. The number of amides is 1. The fraction of sp³-hybridized carbons (Fsp3) is 0.176. The predicted molar refractivity (Wildman–Crippen MR) is 95.7 cm³/mol. The van der Waals surface area contributed by atoms with Crippen molar-refractivity contribution in [2.45, 2.75) is 13.8 Å². The number of methoxy groups -OCH3 is 1. The van der Waals surface area contributed by atoms with E-state index in [-0.39, 0.29) is 5.91 Å². The number of anilines is 1. The third-order valence-electron chi connectivity index (χ3n) is 3.12. The molecule has 0 aliphatic carbocycles. The van der Waals surface area contributed by atoms with E-state index < -0.39 is 0 Å². The number of benzene rings is 2. The number of carbonyl (C=O) groups is 1. The fourth-order valence-corrected chi connectivity index (χ4v) is 2.31. The first-order valence-corrected chi connectivity index (χ1v) is 7.48. The first-order valence-electron chi connectivity index (χ1n) is 7.07. The van der Waals surface area contributed by atoms with E-state index in [1.807, 2.05) is 26.0 Å². The molecule has 0 saturated carbocycles. The summed E-state index contributed by atoms with van der Waals surface area (Å²) in [6.45, 7) is 4.03. The van der Waals surface area contributed by atoms with Gasteiger partial charge < -0.3 is 10.1 Å². The molecule has 1 amide bonds. The quantitative estimate of drug-likeness (QED) is 0.597. The van der Waals surface area contributed by atoms with E-state index in [0.717, 1.165) is 16.8 Å². The molecule has 2 aromatic rings. The molecule has 2 rings (SSSR count). The second-order valence-corrected chi connectivity index (χ2v) is 5.55. The van der Waals surface area contributed by atoms with E-state index in [1.54, 1.807) is 31.4 Å². The molecule has 0 aliphatic heterocycles. The average Bonchev–Trinajstić information content (AvgIpc) is 2.51. The summed E-state index contributed by atoms with van der Waals surface area (Å²) in [6.07, 6.45) is 0. The lowest BCUT2D eigenvalue weighted by Crippen LogP contribution is -2.43. The Bertz CT molecular complexity index is 694. The van der Waals surface area contributed by atoms with E-state index in [1.165, 1.54) is 0 Å². The summed E-state index contributed by atoms with van der Waals surface area (Å²) in [6, 6.07) is 12.8. The second-order valence-electron chi connectivity index (χ2n) is 5.14. The third kappa shape index (κ3) is 4.96. The Hall–Kier alpha value is -2.60. The van der Waals surface area contributed by atoms with Crippen LogP contribution in [-0.4, -0.2) is 18.1 Å². The molecule has 3 N–H and O–H groups in total. The number of hydrogen-bond donors (Lipinski definition) is 3. The summed E-state index contributed by atoms with van der Waals surface area (Å²) in [4.78, 5) is 12.0. The Morgan fingerprint density at radius 1 is 1.00 bits per heavy atom. The van der Waals surface area contributed by atoms with Crippen LogP contribution in [0.15, 0.2) is 42.5 Å². The van der Waals surface area contributed by atoms with Crippen LogP contribution < -0.4 is 20.9 Å². The van der Waals surface area contributed by atoms with Crippen molar-refractivity contribution in [1.82, 2.24) is 10.9 Å². The highest BCUT2D eigenvalue weighted by atomic mass is 32.1. The molecule has 0 heterocycles. The van der Waals surface area contributed by atoms with Crippen LogP contribution in [-0.2, 0) is 0 Å². The smallest absolute Gasteiger partial charge is 0.269 e. The zero-order valence-electron chi connectivity index (χ0n) is 13.3. The van der Waals surface area contributed by atoms with E-state index in [4.69, 9.17) is 17.0 Å². The van der Waals surface area contributed by atoms with Crippen LogP contribution in [0.25, 0.3) is 0 Å². The molecule has 0 unspecified atom stereocenters. The van der Waals surface area contributed by atoms with Crippen molar-refractivity contribution in [3.63, 3.8) is 0 Å². The number of carbonyl (C=O) groups excluding carboxylic acids is 1. The Kier molecular flexibility index (Phi) is 5.54. The zero-order chi connectivity index (χ0) is 16.8. The first kappa shape index (κ1) is 16.8. The largest absolute Gasteiger partial charge is 0.497 e. The molecule has 23 heavy (non-hydrogen) atoms. The van der Waals surface area contributed by atoms with Crippen molar-refractivity contribution in [1.29, 1.82) is 0 Å². The maximum absolute atomic E-state index is 12.0. The number of nitrogens with one attached hydrogen (secondary N) is 3. The van der Waals surface area contributed by atoms with Crippen molar-refractivity contribution in [2.75, 3.05) is 12.4 Å². The van der Waals surface area contributed by atoms with Gasteiger partial charge in [0.2, 0.25) is 0 Å². The standard InChI is InChI=1S/C17H19N3O2S/c1-11-8-12(2)10-14(9-11)18-17(23)20-19-16(21)13-4-6-15(22-3)7-5-13/h4-10H,1-3H3,(H,19,21)(H2,18,20,23). The first-order chi connectivity index (χ1) is 11.0. The number of aryl methyl sites for hydroxylation is 2. The van der Waals surface area contributed by atoms with Crippen molar-refractivity contribution >= 4 is 28.9 Å². The Morgan fingerprint density at radius 3 is 2.17 bits per heavy atom. The molecule has 0 fully saturated rings. The van der Waals surface area contributed by atoms with Crippen LogP contribution in [0.3, 0.4) is 0 Å². The summed E-state index contributed by atoms with van der Waals surface area (Å²) in [5, 5.41) is 3.35. The lowest BCUT2D eigenvalue weighted by Gasteiger charge is -2.13. The van der Waals surface area contributed by atoms with Crippen LogP contribution in [0, 0.1) is 13.8 Å². The fourth-order valence-electron chi connectivity index (χ4n) is 2.14. The summed E-state index contributed by atoms with van der Waals surface area (Å²) in [5.74, 6) is 0.415. The average molecular weight is 329 g/mol. The summed E-state index contributed by atoms with van der Waals surface area (Å²) in [5.41, 5.74) is 8.89. The molecule has 2 aromatic carbocycles. The molecule has 0 saturated heterocycles. The van der Waals surface area contributed by atoms with E-state index in [2.05, 4.69) is 22.2 Å². The van der Waals surface area contributed by atoms with Gasteiger partial charge in [0.1, 0.15) is 5.75 Å².